The molecule has 2 aromatic heterocycles. The number of amides is 1. The average molecular weight is 428 g/mol. The summed E-state index contributed by atoms with van der Waals surface area (Å²) in [7, 11) is 1.60. The fourth-order valence-corrected chi connectivity index (χ4v) is 3.60. The number of aromatic nitrogens is 4. The Bertz CT molecular complexity index is 1020. The second-order valence-electron chi connectivity index (χ2n) is 6.69. The van der Waals surface area contributed by atoms with Gasteiger partial charge >= 0.3 is 0 Å². The SMILES string of the molecule is COCCOc1ncccc1NC(=O)CSc1nnc(C)n1-c1cc(C)ccc1C. The van der Waals surface area contributed by atoms with Gasteiger partial charge < -0.3 is 14.8 Å². The first-order valence-corrected chi connectivity index (χ1v) is 10.5. The summed E-state index contributed by atoms with van der Waals surface area (Å²) in [6.45, 7) is 6.78. The summed E-state index contributed by atoms with van der Waals surface area (Å²) in [5.74, 6) is 1.13. The molecule has 0 radical (unpaired) electrons. The minimum absolute atomic E-state index is 0.176. The van der Waals surface area contributed by atoms with Gasteiger partial charge in [0.15, 0.2) is 5.16 Å². The zero-order valence-corrected chi connectivity index (χ0v) is 18.3. The molecule has 30 heavy (non-hydrogen) atoms. The summed E-state index contributed by atoms with van der Waals surface area (Å²) >= 11 is 1.33. The molecule has 0 unspecified atom stereocenters. The van der Waals surface area contributed by atoms with E-state index < -0.39 is 0 Å². The van der Waals surface area contributed by atoms with Gasteiger partial charge in [-0.1, -0.05) is 23.9 Å². The van der Waals surface area contributed by atoms with E-state index in [4.69, 9.17) is 9.47 Å². The van der Waals surface area contributed by atoms with Crippen molar-refractivity contribution in [3.63, 3.8) is 0 Å². The van der Waals surface area contributed by atoms with Crippen LogP contribution in [0.15, 0.2) is 41.7 Å². The molecule has 1 N–H and O–H groups in total. The van der Waals surface area contributed by atoms with Crippen LogP contribution in [0.25, 0.3) is 5.69 Å². The van der Waals surface area contributed by atoms with Gasteiger partial charge in [0.2, 0.25) is 11.8 Å². The quantitative estimate of drug-likeness (QED) is 0.414. The van der Waals surface area contributed by atoms with Crippen molar-refractivity contribution in [2.75, 3.05) is 31.4 Å². The minimum atomic E-state index is -0.183. The standard InChI is InChI=1S/C21H25N5O3S/c1-14-7-8-15(2)18(12-14)26-16(3)24-25-21(26)30-13-19(27)23-17-6-5-9-22-20(17)29-11-10-28-4/h5-9,12H,10-11,13H2,1-4H3,(H,23,27). The highest BCUT2D eigenvalue weighted by Gasteiger charge is 2.16. The molecule has 158 valence electrons. The van der Waals surface area contributed by atoms with Gasteiger partial charge in [-0.05, 0) is 50.1 Å². The summed E-state index contributed by atoms with van der Waals surface area (Å²) in [4.78, 5) is 16.7. The maximum atomic E-state index is 12.5. The van der Waals surface area contributed by atoms with Crippen LogP contribution in [0, 0.1) is 20.8 Å². The zero-order valence-electron chi connectivity index (χ0n) is 17.5. The molecule has 8 nitrogen and oxygen atoms in total. The third-order valence-corrected chi connectivity index (χ3v) is 5.23. The molecule has 3 rings (SSSR count). The Balaban J connectivity index is 1.69. The molecule has 0 fully saturated rings. The van der Waals surface area contributed by atoms with E-state index in [0.29, 0.717) is 29.9 Å². The van der Waals surface area contributed by atoms with Crippen LogP contribution in [0.4, 0.5) is 5.69 Å². The first kappa shape index (κ1) is 21.8. The number of methoxy groups -OCH3 is 1. The van der Waals surface area contributed by atoms with Gasteiger partial charge in [-0.3, -0.25) is 9.36 Å². The first-order chi connectivity index (χ1) is 14.5. The monoisotopic (exact) mass is 427 g/mol. The molecular weight excluding hydrogens is 402 g/mol. The maximum absolute atomic E-state index is 12.5. The lowest BCUT2D eigenvalue weighted by Crippen LogP contribution is -2.16. The maximum Gasteiger partial charge on any atom is 0.237 e. The van der Waals surface area contributed by atoms with Crippen molar-refractivity contribution in [3.8, 4) is 11.6 Å². The molecule has 0 saturated heterocycles. The van der Waals surface area contributed by atoms with Crippen molar-refractivity contribution in [2.45, 2.75) is 25.9 Å². The molecule has 0 saturated carbocycles. The fourth-order valence-electron chi connectivity index (χ4n) is 2.81. The molecule has 0 aliphatic rings. The van der Waals surface area contributed by atoms with Crippen molar-refractivity contribution in [3.05, 3.63) is 53.5 Å². The Morgan fingerprint density at radius 1 is 1.17 bits per heavy atom. The van der Waals surface area contributed by atoms with Crippen LogP contribution in [0.1, 0.15) is 17.0 Å². The molecule has 9 heteroatoms. The van der Waals surface area contributed by atoms with Crippen LogP contribution in [-0.2, 0) is 9.53 Å². The highest BCUT2D eigenvalue weighted by molar-refractivity contribution is 7.99. The molecule has 0 bridgehead atoms. The number of ether oxygens (including phenoxy) is 2. The average Bonchev–Trinajstić information content (AvgIpc) is 3.10. The number of carbonyl (C=O) groups excluding carboxylic acids is 1. The summed E-state index contributed by atoms with van der Waals surface area (Å²) < 4.78 is 12.5. The third-order valence-electron chi connectivity index (χ3n) is 4.30. The van der Waals surface area contributed by atoms with Crippen molar-refractivity contribution in [1.29, 1.82) is 0 Å². The third kappa shape index (κ3) is 5.37. The highest BCUT2D eigenvalue weighted by Crippen LogP contribution is 2.26. The lowest BCUT2D eigenvalue weighted by Gasteiger charge is -2.13. The second kappa shape index (κ2) is 10.2. The number of anilines is 1. The van der Waals surface area contributed by atoms with Crippen LogP contribution in [-0.4, -0.2) is 51.7 Å². The van der Waals surface area contributed by atoms with Gasteiger partial charge in [-0.15, -0.1) is 10.2 Å². The van der Waals surface area contributed by atoms with E-state index in [2.05, 4.69) is 38.7 Å². The molecule has 3 aromatic rings. The lowest BCUT2D eigenvalue weighted by atomic mass is 10.1. The van der Waals surface area contributed by atoms with Gasteiger partial charge in [0.05, 0.1) is 18.0 Å². The van der Waals surface area contributed by atoms with E-state index in [9.17, 15) is 4.79 Å². The molecule has 2 heterocycles. The number of aryl methyl sites for hydroxylation is 3. The number of hydrogen-bond acceptors (Lipinski definition) is 7. The van der Waals surface area contributed by atoms with Crippen molar-refractivity contribution in [1.82, 2.24) is 19.7 Å². The molecule has 0 aliphatic carbocycles. The normalized spacial score (nSPS) is 10.8. The molecule has 1 amide bonds. The number of carbonyl (C=O) groups is 1. The number of pyridine rings is 1. The van der Waals surface area contributed by atoms with E-state index in [-0.39, 0.29) is 11.7 Å². The fraction of sp³-hybridized carbons (Fsp3) is 0.333. The highest BCUT2D eigenvalue weighted by atomic mass is 32.2. The smallest absolute Gasteiger partial charge is 0.237 e. The van der Waals surface area contributed by atoms with Gasteiger partial charge in [-0.25, -0.2) is 4.98 Å². The Labute approximate surface area is 180 Å². The Kier molecular flexibility index (Phi) is 7.42. The Morgan fingerprint density at radius 2 is 2.00 bits per heavy atom. The lowest BCUT2D eigenvalue weighted by molar-refractivity contribution is -0.113. The molecule has 0 spiro atoms. The number of rotatable bonds is 9. The summed E-state index contributed by atoms with van der Waals surface area (Å²) in [5, 5.41) is 12.0. The van der Waals surface area contributed by atoms with Crippen LogP contribution >= 0.6 is 11.8 Å². The summed E-state index contributed by atoms with van der Waals surface area (Å²) in [6.07, 6.45) is 1.61. The van der Waals surface area contributed by atoms with E-state index >= 15 is 0 Å². The first-order valence-electron chi connectivity index (χ1n) is 9.48. The molecule has 0 atom stereocenters. The van der Waals surface area contributed by atoms with Crippen LogP contribution in [0.5, 0.6) is 5.88 Å². The van der Waals surface area contributed by atoms with E-state index in [0.717, 1.165) is 22.6 Å². The minimum Gasteiger partial charge on any atom is -0.474 e. The Morgan fingerprint density at radius 3 is 2.80 bits per heavy atom. The van der Waals surface area contributed by atoms with Crippen molar-refractivity contribution in [2.24, 2.45) is 0 Å². The number of nitrogens with zero attached hydrogens (tertiary/aromatic N) is 4. The molecular formula is C21H25N5O3S. The predicted octanol–water partition coefficient (Wildman–Crippen LogP) is 3.34. The van der Waals surface area contributed by atoms with E-state index in [1.165, 1.54) is 11.8 Å². The summed E-state index contributed by atoms with van der Waals surface area (Å²) in [5.41, 5.74) is 3.80. The van der Waals surface area contributed by atoms with Gasteiger partial charge in [0, 0.05) is 13.3 Å². The Hall–Kier alpha value is -2.91. The topological polar surface area (TPSA) is 91.2 Å². The van der Waals surface area contributed by atoms with Crippen LogP contribution < -0.4 is 10.1 Å². The van der Waals surface area contributed by atoms with Crippen molar-refractivity contribution < 1.29 is 14.3 Å². The van der Waals surface area contributed by atoms with Gasteiger partial charge in [0.25, 0.3) is 0 Å². The molecule has 0 aliphatic heterocycles. The second-order valence-corrected chi connectivity index (χ2v) is 7.63. The number of nitrogens with one attached hydrogen (secondary N) is 1. The van der Waals surface area contributed by atoms with E-state index in [1.807, 2.05) is 25.3 Å². The van der Waals surface area contributed by atoms with Crippen LogP contribution in [0.3, 0.4) is 0 Å². The number of thioether (sulfide) groups is 1. The number of benzene rings is 1. The molecule has 1 aromatic carbocycles. The largest absolute Gasteiger partial charge is 0.474 e. The van der Waals surface area contributed by atoms with Gasteiger partial charge in [-0.2, -0.15) is 0 Å². The van der Waals surface area contributed by atoms with Gasteiger partial charge in [0.1, 0.15) is 18.1 Å². The summed E-state index contributed by atoms with van der Waals surface area (Å²) in [6, 6.07) is 9.72. The van der Waals surface area contributed by atoms with Crippen molar-refractivity contribution >= 4 is 23.4 Å². The predicted molar refractivity (Wildman–Crippen MR) is 117 cm³/mol. The van der Waals surface area contributed by atoms with Crippen LogP contribution in [0.2, 0.25) is 0 Å². The number of hydrogen-bond donors (Lipinski definition) is 1. The zero-order chi connectivity index (χ0) is 21.5. The van der Waals surface area contributed by atoms with E-state index in [1.54, 1.807) is 25.4 Å².